The number of nitrogens with one attached hydrogen (secondary N) is 2. The molecule has 1 atom stereocenters. The van der Waals surface area contributed by atoms with Crippen molar-refractivity contribution in [2.24, 2.45) is 0 Å². The fourth-order valence-electron chi connectivity index (χ4n) is 2.43. The molecule has 0 fully saturated rings. The van der Waals surface area contributed by atoms with E-state index in [4.69, 9.17) is 14.0 Å². The summed E-state index contributed by atoms with van der Waals surface area (Å²) >= 11 is 0. The maximum absolute atomic E-state index is 12.1. The van der Waals surface area contributed by atoms with Gasteiger partial charge in [0.2, 0.25) is 17.9 Å². The maximum atomic E-state index is 12.1. The molecular weight excluding hydrogens is 352 g/mol. The molecule has 1 aliphatic rings. The van der Waals surface area contributed by atoms with E-state index in [0.29, 0.717) is 36.1 Å². The zero-order chi connectivity index (χ0) is 19.2. The quantitative estimate of drug-likeness (QED) is 0.736. The van der Waals surface area contributed by atoms with E-state index in [1.807, 2.05) is 19.9 Å². The molecule has 9 heteroatoms. The van der Waals surface area contributed by atoms with Crippen molar-refractivity contribution in [2.45, 2.75) is 45.1 Å². The Labute approximate surface area is 156 Å². The number of aryl methyl sites for hydroxylation is 1. The number of carbonyl (C=O) groups is 2. The first kappa shape index (κ1) is 18.7. The van der Waals surface area contributed by atoms with Crippen molar-refractivity contribution in [2.75, 3.05) is 6.61 Å². The van der Waals surface area contributed by atoms with E-state index in [2.05, 4.69) is 21.0 Å². The lowest BCUT2D eigenvalue weighted by Crippen LogP contribution is -2.50. The molecule has 0 bridgehead atoms. The highest BCUT2D eigenvalue weighted by atomic mass is 16.6. The Morgan fingerprint density at radius 1 is 1.22 bits per heavy atom. The average molecular weight is 374 g/mol. The van der Waals surface area contributed by atoms with Crippen LogP contribution in [-0.4, -0.2) is 34.7 Å². The van der Waals surface area contributed by atoms with Gasteiger partial charge < -0.3 is 14.0 Å². The largest absolute Gasteiger partial charge is 0.485 e. The second-order valence-corrected chi connectivity index (χ2v) is 6.46. The molecule has 144 valence electrons. The summed E-state index contributed by atoms with van der Waals surface area (Å²) in [7, 11) is 0. The van der Waals surface area contributed by atoms with E-state index in [1.165, 1.54) is 0 Å². The average Bonchev–Trinajstić information content (AvgIpc) is 3.15. The number of carbonyl (C=O) groups excluding carboxylic acids is 2. The Kier molecular flexibility index (Phi) is 5.90. The van der Waals surface area contributed by atoms with Crippen molar-refractivity contribution >= 4 is 11.8 Å². The Balaban J connectivity index is 1.37. The molecule has 2 N–H and O–H groups in total. The summed E-state index contributed by atoms with van der Waals surface area (Å²) in [6, 6.07) is 7.09. The van der Waals surface area contributed by atoms with Gasteiger partial charge in [-0.3, -0.25) is 20.4 Å². The standard InChI is InChI=1S/C18H22N4O5/c1-11(2)17-19-16(27-22-17)9-5-8-15(23)20-21-18(24)14-10-25-12-6-3-4-7-13(12)26-14/h3-4,6-7,11,14H,5,8-10H2,1-2H3,(H,20,23)(H,21,24). The SMILES string of the molecule is CC(C)c1noc(CCCC(=O)NNC(=O)C2COc3ccccc3O2)n1. The van der Waals surface area contributed by atoms with Crippen molar-refractivity contribution in [1.82, 2.24) is 21.0 Å². The monoisotopic (exact) mass is 374 g/mol. The minimum absolute atomic E-state index is 0.0774. The van der Waals surface area contributed by atoms with Gasteiger partial charge in [-0.05, 0) is 18.6 Å². The van der Waals surface area contributed by atoms with Crippen LogP contribution in [0.2, 0.25) is 0 Å². The Bertz CT molecular complexity index is 805. The molecule has 3 rings (SSSR count). The molecule has 0 aliphatic carbocycles. The number of rotatable bonds is 6. The Morgan fingerprint density at radius 3 is 2.74 bits per heavy atom. The van der Waals surface area contributed by atoms with Gasteiger partial charge >= 0.3 is 0 Å². The second kappa shape index (κ2) is 8.52. The van der Waals surface area contributed by atoms with E-state index in [1.54, 1.807) is 18.2 Å². The van der Waals surface area contributed by atoms with Crippen molar-refractivity contribution < 1.29 is 23.6 Å². The first-order chi connectivity index (χ1) is 13.0. The molecule has 27 heavy (non-hydrogen) atoms. The highest BCUT2D eigenvalue weighted by Crippen LogP contribution is 2.30. The minimum Gasteiger partial charge on any atom is -0.485 e. The van der Waals surface area contributed by atoms with Crippen molar-refractivity contribution in [3.8, 4) is 11.5 Å². The lowest BCUT2D eigenvalue weighted by Gasteiger charge is -2.25. The number of nitrogens with zero attached hydrogens (tertiary/aromatic N) is 2. The second-order valence-electron chi connectivity index (χ2n) is 6.46. The smallest absolute Gasteiger partial charge is 0.283 e. The highest BCUT2D eigenvalue weighted by Gasteiger charge is 2.27. The van der Waals surface area contributed by atoms with Crippen molar-refractivity contribution in [3.05, 3.63) is 36.0 Å². The third-order valence-corrected chi connectivity index (χ3v) is 3.92. The maximum Gasteiger partial charge on any atom is 0.283 e. The third kappa shape index (κ3) is 4.96. The first-order valence-corrected chi connectivity index (χ1v) is 8.82. The predicted molar refractivity (Wildman–Crippen MR) is 94.0 cm³/mol. The molecule has 0 radical (unpaired) electrons. The first-order valence-electron chi connectivity index (χ1n) is 8.82. The van der Waals surface area contributed by atoms with Crippen LogP contribution in [0.15, 0.2) is 28.8 Å². The van der Waals surface area contributed by atoms with Gasteiger partial charge in [0.1, 0.15) is 6.61 Å². The summed E-state index contributed by atoms with van der Waals surface area (Å²) in [6.45, 7) is 4.03. The van der Waals surface area contributed by atoms with Gasteiger partial charge in [0.05, 0.1) is 0 Å². The van der Waals surface area contributed by atoms with Crippen molar-refractivity contribution in [1.29, 1.82) is 0 Å². The summed E-state index contributed by atoms with van der Waals surface area (Å²) < 4.78 is 16.2. The lowest BCUT2D eigenvalue weighted by atomic mass is 10.2. The number of amides is 2. The number of benzene rings is 1. The van der Waals surface area contributed by atoms with Crippen molar-refractivity contribution in [3.63, 3.8) is 0 Å². The minimum atomic E-state index is -0.826. The van der Waals surface area contributed by atoms with Gasteiger partial charge in [-0.2, -0.15) is 4.98 Å². The van der Waals surface area contributed by atoms with Gasteiger partial charge in [-0.1, -0.05) is 31.1 Å². The number of hydrogen-bond acceptors (Lipinski definition) is 7. The number of ether oxygens (including phenoxy) is 2. The van der Waals surface area contributed by atoms with Crippen LogP contribution in [0.3, 0.4) is 0 Å². The van der Waals surface area contributed by atoms with E-state index in [0.717, 1.165) is 0 Å². The molecule has 0 saturated heterocycles. The molecule has 2 aromatic rings. The van der Waals surface area contributed by atoms with E-state index < -0.39 is 12.0 Å². The molecule has 1 unspecified atom stereocenters. The molecular formula is C18H22N4O5. The Morgan fingerprint density at radius 2 is 2.00 bits per heavy atom. The van der Waals surface area contributed by atoms with Gasteiger partial charge in [-0.25, -0.2) is 0 Å². The predicted octanol–water partition coefficient (Wildman–Crippen LogP) is 1.50. The van der Waals surface area contributed by atoms with Crippen LogP contribution in [0.4, 0.5) is 0 Å². The number of hydrazine groups is 1. The molecule has 1 aromatic heterocycles. The molecule has 9 nitrogen and oxygen atoms in total. The van der Waals surface area contributed by atoms with Crippen LogP contribution in [0, 0.1) is 0 Å². The van der Waals surface area contributed by atoms with Crippen LogP contribution in [0.1, 0.15) is 44.3 Å². The number of para-hydroxylation sites is 2. The van der Waals surface area contributed by atoms with Crippen LogP contribution >= 0.6 is 0 Å². The fraction of sp³-hybridized carbons (Fsp3) is 0.444. The lowest BCUT2D eigenvalue weighted by molar-refractivity contribution is -0.135. The molecule has 0 spiro atoms. The van der Waals surface area contributed by atoms with E-state index >= 15 is 0 Å². The summed E-state index contributed by atoms with van der Waals surface area (Å²) in [6.07, 6.45) is 0.410. The Hall–Kier alpha value is -3.10. The van der Waals surface area contributed by atoms with Gasteiger partial charge in [0.25, 0.3) is 5.91 Å². The number of fused-ring (bicyclic) bond motifs is 1. The third-order valence-electron chi connectivity index (χ3n) is 3.92. The van der Waals surface area contributed by atoms with E-state index in [-0.39, 0.29) is 24.9 Å². The van der Waals surface area contributed by atoms with Crippen LogP contribution in [0.5, 0.6) is 11.5 Å². The summed E-state index contributed by atoms with van der Waals surface area (Å²) in [5.74, 6) is 1.64. The summed E-state index contributed by atoms with van der Waals surface area (Å²) in [5, 5.41) is 3.87. The summed E-state index contributed by atoms with van der Waals surface area (Å²) in [4.78, 5) is 28.2. The summed E-state index contributed by atoms with van der Waals surface area (Å²) in [5.41, 5.74) is 4.73. The van der Waals surface area contributed by atoms with Gasteiger partial charge in [0.15, 0.2) is 17.3 Å². The molecule has 2 heterocycles. The zero-order valence-corrected chi connectivity index (χ0v) is 15.2. The number of aromatic nitrogens is 2. The van der Waals surface area contributed by atoms with Gasteiger partial charge in [0, 0.05) is 18.8 Å². The van der Waals surface area contributed by atoms with Gasteiger partial charge in [-0.15, -0.1) is 0 Å². The topological polar surface area (TPSA) is 116 Å². The van der Waals surface area contributed by atoms with E-state index in [9.17, 15) is 9.59 Å². The normalized spacial score (nSPS) is 15.4. The zero-order valence-electron chi connectivity index (χ0n) is 15.2. The number of hydrogen-bond donors (Lipinski definition) is 2. The molecule has 0 saturated carbocycles. The fourth-order valence-corrected chi connectivity index (χ4v) is 2.43. The van der Waals surface area contributed by atoms with Crippen LogP contribution in [0.25, 0.3) is 0 Å². The molecule has 1 aromatic carbocycles. The highest BCUT2D eigenvalue weighted by molar-refractivity contribution is 5.85. The van der Waals surface area contributed by atoms with Crippen LogP contribution < -0.4 is 20.3 Å². The molecule has 1 aliphatic heterocycles. The van der Waals surface area contributed by atoms with Crippen LogP contribution in [-0.2, 0) is 16.0 Å². The molecule has 2 amide bonds.